The number of carboxylic acid groups (broad SMARTS) is 1. The van der Waals surface area contributed by atoms with E-state index < -0.39 is 5.97 Å². The van der Waals surface area contributed by atoms with Gasteiger partial charge in [-0.1, -0.05) is 0 Å². The Morgan fingerprint density at radius 2 is 2.21 bits per heavy atom. The maximum Gasteiger partial charge on any atom is 0.355 e. The molecule has 2 aromatic heterocycles. The SMILES string of the molecule is O=C(Cc1ccsc1)NCCc1nc(C(=O)O)cs1. The van der Waals surface area contributed by atoms with E-state index in [1.165, 1.54) is 16.7 Å². The summed E-state index contributed by atoms with van der Waals surface area (Å²) in [5.74, 6) is -1.06. The predicted octanol–water partition coefficient (Wildman–Crippen LogP) is 1.80. The molecule has 0 saturated carbocycles. The van der Waals surface area contributed by atoms with Crippen LogP contribution in [0.5, 0.6) is 0 Å². The number of hydrogen-bond donors (Lipinski definition) is 2. The summed E-state index contributed by atoms with van der Waals surface area (Å²) in [6.45, 7) is 0.468. The van der Waals surface area contributed by atoms with E-state index in [0.29, 0.717) is 24.4 Å². The molecule has 1 amide bonds. The summed E-state index contributed by atoms with van der Waals surface area (Å²) in [6.07, 6.45) is 0.926. The van der Waals surface area contributed by atoms with Crippen molar-refractivity contribution in [3.05, 3.63) is 38.5 Å². The van der Waals surface area contributed by atoms with Gasteiger partial charge in [-0.25, -0.2) is 9.78 Å². The molecule has 0 fully saturated rings. The smallest absolute Gasteiger partial charge is 0.355 e. The van der Waals surface area contributed by atoms with Crippen LogP contribution in [0.25, 0.3) is 0 Å². The highest BCUT2D eigenvalue weighted by Gasteiger charge is 2.09. The van der Waals surface area contributed by atoms with Crippen LogP contribution >= 0.6 is 22.7 Å². The first-order valence-electron chi connectivity index (χ1n) is 5.60. The molecule has 2 aromatic rings. The molecule has 0 unspecified atom stereocenters. The molecule has 100 valence electrons. The van der Waals surface area contributed by atoms with Crippen LogP contribution in [0.1, 0.15) is 21.1 Å². The van der Waals surface area contributed by atoms with Gasteiger partial charge in [0.25, 0.3) is 0 Å². The third-order valence-electron chi connectivity index (χ3n) is 2.38. The monoisotopic (exact) mass is 296 g/mol. The minimum atomic E-state index is -1.02. The van der Waals surface area contributed by atoms with Gasteiger partial charge in [0.2, 0.25) is 5.91 Å². The van der Waals surface area contributed by atoms with Gasteiger partial charge in [0, 0.05) is 18.3 Å². The fourth-order valence-corrected chi connectivity index (χ4v) is 2.91. The first kappa shape index (κ1) is 13.7. The Labute approximate surface area is 117 Å². The molecule has 0 bridgehead atoms. The first-order valence-corrected chi connectivity index (χ1v) is 7.43. The van der Waals surface area contributed by atoms with E-state index in [1.807, 2.05) is 16.8 Å². The lowest BCUT2D eigenvalue weighted by atomic mass is 10.2. The number of aromatic carboxylic acids is 1. The number of amides is 1. The fraction of sp³-hybridized carbons (Fsp3) is 0.250. The van der Waals surface area contributed by atoms with Crippen LogP contribution in [-0.4, -0.2) is 28.5 Å². The highest BCUT2D eigenvalue weighted by molar-refractivity contribution is 7.09. The lowest BCUT2D eigenvalue weighted by Crippen LogP contribution is -2.27. The molecule has 0 spiro atoms. The van der Waals surface area contributed by atoms with E-state index in [4.69, 9.17) is 5.11 Å². The van der Waals surface area contributed by atoms with Crippen molar-refractivity contribution in [3.63, 3.8) is 0 Å². The van der Waals surface area contributed by atoms with Crippen LogP contribution in [0.3, 0.4) is 0 Å². The lowest BCUT2D eigenvalue weighted by molar-refractivity contribution is -0.120. The summed E-state index contributed by atoms with van der Waals surface area (Å²) in [7, 11) is 0. The van der Waals surface area contributed by atoms with E-state index in [-0.39, 0.29) is 11.6 Å². The normalized spacial score (nSPS) is 10.3. The molecule has 5 nitrogen and oxygen atoms in total. The molecular weight excluding hydrogens is 284 g/mol. The number of nitrogens with one attached hydrogen (secondary N) is 1. The minimum Gasteiger partial charge on any atom is -0.476 e. The van der Waals surface area contributed by atoms with Gasteiger partial charge in [-0.2, -0.15) is 11.3 Å². The van der Waals surface area contributed by atoms with Crippen molar-refractivity contribution in [1.29, 1.82) is 0 Å². The van der Waals surface area contributed by atoms with E-state index in [1.54, 1.807) is 11.3 Å². The summed E-state index contributed by atoms with van der Waals surface area (Å²) in [5, 5.41) is 17.6. The maximum absolute atomic E-state index is 11.6. The van der Waals surface area contributed by atoms with Crippen LogP contribution in [0.15, 0.2) is 22.2 Å². The molecular formula is C12H12N2O3S2. The van der Waals surface area contributed by atoms with Gasteiger partial charge >= 0.3 is 5.97 Å². The molecule has 2 N–H and O–H groups in total. The number of rotatable bonds is 6. The second-order valence-corrected chi connectivity index (χ2v) is 5.56. The predicted molar refractivity (Wildman–Crippen MR) is 73.8 cm³/mol. The Morgan fingerprint density at radius 3 is 2.84 bits per heavy atom. The van der Waals surface area contributed by atoms with Crippen LogP contribution in [0, 0.1) is 0 Å². The average Bonchev–Trinajstić information content (AvgIpc) is 3.00. The highest BCUT2D eigenvalue weighted by Crippen LogP contribution is 2.10. The highest BCUT2D eigenvalue weighted by atomic mass is 32.1. The van der Waals surface area contributed by atoms with Crippen LogP contribution in [0.2, 0.25) is 0 Å². The summed E-state index contributed by atoms with van der Waals surface area (Å²) >= 11 is 2.86. The number of nitrogens with zero attached hydrogens (tertiary/aromatic N) is 1. The van der Waals surface area contributed by atoms with Crippen molar-refractivity contribution in [3.8, 4) is 0 Å². The zero-order valence-electron chi connectivity index (χ0n) is 9.96. The maximum atomic E-state index is 11.6. The summed E-state index contributed by atoms with van der Waals surface area (Å²) in [4.78, 5) is 26.2. The van der Waals surface area contributed by atoms with Crippen LogP contribution in [-0.2, 0) is 17.6 Å². The Hall–Kier alpha value is -1.73. The Morgan fingerprint density at radius 1 is 1.37 bits per heavy atom. The third-order valence-corrected chi connectivity index (χ3v) is 4.02. The van der Waals surface area contributed by atoms with E-state index in [9.17, 15) is 9.59 Å². The number of aromatic nitrogens is 1. The number of carboxylic acids is 1. The molecule has 0 radical (unpaired) electrons. The molecule has 0 aliphatic heterocycles. The summed E-state index contributed by atoms with van der Waals surface area (Å²) in [6, 6.07) is 1.92. The largest absolute Gasteiger partial charge is 0.476 e. The molecule has 7 heteroatoms. The van der Waals surface area contributed by atoms with Crippen molar-refractivity contribution < 1.29 is 14.7 Å². The van der Waals surface area contributed by atoms with Gasteiger partial charge in [0.15, 0.2) is 5.69 Å². The van der Waals surface area contributed by atoms with Crippen molar-refractivity contribution in [2.75, 3.05) is 6.54 Å². The zero-order chi connectivity index (χ0) is 13.7. The van der Waals surface area contributed by atoms with E-state index >= 15 is 0 Å². The number of carbonyl (C=O) groups is 2. The summed E-state index contributed by atoms with van der Waals surface area (Å²) < 4.78 is 0. The minimum absolute atomic E-state index is 0.0339. The molecule has 0 aliphatic rings. The van der Waals surface area contributed by atoms with Gasteiger partial charge in [0.1, 0.15) is 0 Å². The fourth-order valence-electron chi connectivity index (χ4n) is 1.47. The molecule has 0 atom stereocenters. The number of thiazole rings is 1. The van der Waals surface area contributed by atoms with Crippen molar-refractivity contribution in [2.24, 2.45) is 0 Å². The third kappa shape index (κ3) is 4.15. The molecule has 2 rings (SSSR count). The lowest BCUT2D eigenvalue weighted by Gasteiger charge is -2.02. The Kier molecular flexibility index (Phi) is 4.64. The van der Waals surface area contributed by atoms with Gasteiger partial charge in [0.05, 0.1) is 11.4 Å². The van der Waals surface area contributed by atoms with Crippen LogP contribution in [0.4, 0.5) is 0 Å². The van der Waals surface area contributed by atoms with Crippen molar-refractivity contribution in [2.45, 2.75) is 12.8 Å². The van der Waals surface area contributed by atoms with Crippen molar-refractivity contribution in [1.82, 2.24) is 10.3 Å². The first-order chi connectivity index (χ1) is 9.15. The average molecular weight is 296 g/mol. The molecule has 19 heavy (non-hydrogen) atoms. The molecule has 0 aliphatic carbocycles. The molecule has 2 heterocycles. The second kappa shape index (κ2) is 6.44. The molecule has 0 aromatic carbocycles. The number of carbonyl (C=O) groups excluding carboxylic acids is 1. The van der Waals surface area contributed by atoms with E-state index in [2.05, 4.69) is 10.3 Å². The summed E-state index contributed by atoms with van der Waals surface area (Å²) in [5.41, 5.74) is 1.06. The van der Waals surface area contributed by atoms with Gasteiger partial charge in [-0.05, 0) is 22.4 Å². The number of hydrogen-bond acceptors (Lipinski definition) is 5. The van der Waals surface area contributed by atoms with E-state index in [0.717, 1.165) is 5.56 Å². The number of thiophene rings is 1. The van der Waals surface area contributed by atoms with Gasteiger partial charge in [-0.3, -0.25) is 4.79 Å². The standard InChI is InChI=1S/C12H12N2O3S2/c15-10(5-8-2-4-18-6-8)13-3-1-11-14-9(7-19-11)12(16)17/h2,4,6-7H,1,3,5H2,(H,13,15)(H,16,17). The second-order valence-electron chi connectivity index (χ2n) is 3.84. The van der Waals surface area contributed by atoms with Gasteiger partial charge in [-0.15, -0.1) is 11.3 Å². The van der Waals surface area contributed by atoms with Crippen molar-refractivity contribution >= 4 is 34.6 Å². The Balaban J connectivity index is 1.73. The van der Waals surface area contributed by atoms with Crippen LogP contribution < -0.4 is 5.32 Å². The van der Waals surface area contributed by atoms with Gasteiger partial charge < -0.3 is 10.4 Å². The topological polar surface area (TPSA) is 79.3 Å². The zero-order valence-corrected chi connectivity index (χ0v) is 11.6. The Bertz CT molecular complexity index is 563. The quantitative estimate of drug-likeness (QED) is 0.852. The molecule has 0 saturated heterocycles.